The van der Waals surface area contributed by atoms with E-state index < -0.39 is 10.0 Å². The van der Waals surface area contributed by atoms with E-state index in [-0.39, 0.29) is 16.4 Å². The number of amides is 1. The average molecular weight is 482 g/mol. The Bertz CT molecular complexity index is 1210. The molecule has 0 fully saturated rings. The molecule has 0 heterocycles. The van der Waals surface area contributed by atoms with E-state index >= 15 is 0 Å². The van der Waals surface area contributed by atoms with Crippen molar-refractivity contribution in [3.8, 4) is 5.75 Å². The molecule has 0 aliphatic heterocycles. The number of carbonyl (C=O) groups is 1. The Balaban J connectivity index is 1.70. The van der Waals surface area contributed by atoms with Crippen molar-refractivity contribution in [1.82, 2.24) is 10.2 Å². The molecule has 8 heteroatoms. The molecule has 0 aliphatic rings. The van der Waals surface area contributed by atoms with Crippen LogP contribution in [0.4, 0.5) is 5.69 Å². The van der Waals surface area contributed by atoms with Gasteiger partial charge in [0, 0.05) is 24.3 Å². The summed E-state index contributed by atoms with van der Waals surface area (Å²) >= 11 is 0. The van der Waals surface area contributed by atoms with Gasteiger partial charge in [-0.1, -0.05) is 44.2 Å². The minimum atomic E-state index is -3.86. The zero-order chi connectivity index (χ0) is 24.6. The number of ether oxygens (including phenoxy) is 1. The van der Waals surface area contributed by atoms with Crippen molar-refractivity contribution in [1.29, 1.82) is 0 Å². The van der Waals surface area contributed by atoms with Crippen LogP contribution in [0.15, 0.2) is 77.7 Å². The second-order valence-electron chi connectivity index (χ2n) is 7.77. The van der Waals surface area contributed by atoms with Crippen LogP contribution < -0.4 is 14.8 Å². The number of sulfonamides is 1. The Morgan fingerprint density at radius 3 is 2.24 bits per heavy atom. The van der Waals surface area contributed by atoms with Crippen molar-refractivity contribution in [3.63, 3.8) is 0 Å². The molecule has 3 rings (SSSR count). The molecule has 0 saturated carbocycles. The second kappa shape index (κ2) is 11.7. The molecule has 0 aromatic heterocycles. The molecule has 2 N–H and O–H groups in total. The summed E-state index contributed by atoms with van der Waals surface area (Å²) in [6.07, 6.45) is 0. The third-order valence-electron chi connectivity index (χ3n) is 5.59. The van der Waals surface area contributed by atoms with Crippen LogP contribution in [0.5, 0.6) is 5.75 Å². The number of rotatable bonds is 11. The number of anilines is 1. The van der Waals surface area contributed by atoms with Crippen LogP contribution in [0, 0.1) is 0 Å². The quantitative estimate of drug-likeness (QED) is 0.427. The number of hydrogen-bond acceptors (Lipinski definition) is 5. The molecule has 7 nitrogen and oxygen atoms in total. The maximum atomic E-state index is 12.8. The van der Waals surface area contributed by atoms with Gasteiger partial charge >= 0.3 is 0 Å². The maximum Gasteiger partial charge on any atom is 0.261 e. The number of hydrogen-bond donors (Lipinski definition) is 2. The van der Waals surface area contributed by atoms with Gasteiger partial charge in [-0.05, 0) is 66.7 Å². The molecule has 0 aliphatic carbocycles. The molecule has 3 aromatic rings. The average Bonchev–Trinajstić information content (AvgIpc) is 2.86. The van der Waals surface area contributed by atoms with Crippen molar-refractivity contribution in [2.24, 2.45) is 0 Å². The molecule has 180 valence electrons. The molecule has 0 atom stereocenters. The molecule has 0 unspecified atom stereocenters. The van der Waals surface area contributed by atoms with Crippen molar-refractivity contribution in [2.45, 2.75) is 31.8 Å². The fourth-order valence-electron chi connectivity index (χ4n) is 3.53. The van der Waals surface area contributed by atoms with E-state index in [1.165, 1.54) is 12.1 Å². The lowest BCUT2D eigenvalue weighted by atomic mass is 10.1. The molecular weight excluding hydrogens is 450 g/mol. The number of nitrogens with zero attached hydrogens (tertiary/aromatic N) is 1. The number of methoxy groups -OCH3 is 1. The van der Waals surface area contributed by atoms with Gasteiger partial charge in [-0.25, -0.2) is 8.42 Å². The van der Waals surface area contributed by atoms with E-state index in [2.05, 4.69) is 34.9 Å². The van der Waals surface area contributed by atoms with E-state index in [4.69, 9.17) is 4.74 Å². The lowest BCUT2D eigenvalue weighted by Crippen LogP contribution is -2.26. The Morgan fingerprint density at radius 1 is 0.912 bits per heavy atom. The highest BCUT2D eigenvalue weighted by atomic mass is 32.2. The predicted molar refractivity (Wildman–Crippen MR) is 134 cm³/mol. The summed E-state index contributed by atoms with van der Waals surface area (Å²) in [4.78, 5) is 15.1. The van der Waals surface area contributed by atoms with Crippen LogP contribution in [0.25, 0.3) is 0 Å². The Hall–Kier alpha value is -3.36. The van der Waals surface area contributed by atoms with Gasteiger partial charge in [-0.3, -0.25) is 14.4 Å². The van der Waals surface area contributed by atoms with Crippen LogP contribution in [-0.4, -0.2) is 39.4 Å². The lowest BCUT2D eigenvalue weighted by molar-refractivity contribution is 0.0950. The molecular formula is C26H31N3O4S. The fraction of sp³-hybridized carbons (Fsp3) is 0.269. The summed E-state index contributed by atoms with van der Waals surface area (Å²) in [7, 11) is -2.32. The van der Waals surface area contributed by atoms with Crippen molar-refractivity contribution >= 4 is 21.6 Å². The highest BCUT2D eigenvalue weighted by Gasteiger charge is 2.17. The maximum absolute atomic E-state index is 12.8. The molecule has 0 radical (unpaired) electrons. The van der Waals surface area contributed by atoms with Crippen LogP contribution >= 0.6 is 0 Å². The number of benzene rings is 3. The van der Waals surface area contributed by atoms with Gasteiger partial charge in [0.2, 0.25) is 0 Å². The zero-order valence-corrected chi connectivity index (χ0v) is 20.6. The van der Waals surface area contributed by atoms with E-state index in [1.807, 2.05) is 18.2 Å². The highest BCUT2D eigenvalue weighted by Crippen LogP contribution is 2.20. The van der Waals surface area contributed by atoms with Crippen LogP contribution in [0.1, 0.15) is 35.3 Å². The highest BCUT2D eigenvalue weighted by molar-refractivity contribution is 7.92. The Morgan fingerprint density at radius 2 is 1.59 bits per heavy atom. The molecule has 1 amide bonds. The second-order valence-corrected chi connectivity index (χ2v) is 9.46. The van der Waals surface area contributed by atoms with Crippen LogP contribution in [0.2, 0.25) is 0 Å². The van der Waals surface area contributed by atoms with E-state index in [1.54, 1.807) is 43.5 Å². The Labute approximate surface area is 201 Å². The van der Waals surface area contributed by atoms with Gasteiger partial charge in [0.15, 0.2) is 0 Å². The third-order valence-corrected chi connectivity index (χ3v) is 6.97. The Kier molecular flexibility index (Phi) is 8.67. The van der Waals surface area contributed by atoms with Crippen molar-refractivity contribution in [2.75, 3.05) is 24.9 Å². The number of nitrogens with one attached hydrogen (secondary N) is 2. The SMILES string of the molecule is CCN(CC)Cc1ccccc1CNC(=O)c1cccc(S(=O)(=O)Nc2ccc(OC)cc2)c1. The summed E-state index contributed by atoms with van der Waals surface area (Å²) in [5.41, 5.74) is 2.87. The summed E-state index contributed by atoms with van der Waals surface area (Å²) in [6, 6.07) is 20.6. The van der Waals surface area contributed by atoms with Gasteiger partial charge in [-0.2, -0.15) is 0 Å². The van der Waals surface area contributed by atoms with E-state index in [0.29, 0.717) is 18.0 Å². The summed E-state index contributed by atoms with van der Waals surface area (Å²) in [5, 5.41) is 2.92. The van der Waals surface area contributed by atoms with E-state index in [0.717, 1.165) is 30.8 Å². The molecule has 0 bridgehead atoms. The van der Waals surface area contributed by atoms with Gasteiger partial charge < -0.3 is 10.1 Å². The first-order valence-corrected chi connectivity index (χ1v) is 12.7. The van der Waals surface area contributed by atoms with Crippen molar-refractivity contribution in [3.05, 3.63) is 89.5 Å². The largest absolute Gasteiger partial charge is 0.497 e. The first-order chi connectivity index (χ1) is 16.4. The normalized spacial score (nSPS) is 11.3. The van der Waals surface area contributed by atoms with Crippen molar-refractivity contribution < 1.29 is 17.9 Å². The summed E-state index contributed by atoms with van der Waals surface area (Å²) in [5.74, 6) is 0.291. The standard InChI is InChI=1S/C26H31N3O4S/c1-4-29(5-2)19-22-10-7-6-9-21(22)18-27-26(30)20-11-8-12-25(17-20)34(31,32)28-23-13-15-24(33-3)16-14-23/h6-17,28H,4-5,18-19H2,1-3H3,(H,27,30). The van der Waals surface area contributed by atoms with Gasteiger partial charge in [0.1, 0.15) is 5.75 Å². The van der Waals surface area contributed by atoms with Crippen LogP contribution in [0.3, 0.4) is 0 Å². The predicted octanol–water partition coefficient (Wildman–Crippen LogP) is 4.27. The molecule has 0 saturated heterocycles. The number of carbonyl (C=O) groups excluding carboxylic acids is 1. The monoisotopic (exact) mass is 481 g/mol. The lowest BCUT2D eigenvalue weighted by Gasteiger charge is -2.20. The summed E-state index contributed by atoms with van der Waals surface area (Å²) < 4.78 is 33.3. The first-order valence-electron chi connectivity index (χ1n) is 11.2. The molecule has 34 heavy (non-hydrogen) atoms. The first kappa shape index (κ1) is 25.3. The topological polar surface area (TPSA) is 87.7 Å². The molecule has 0 spiro atoms. The van der Waals surface area contributed by atoms with Gasteiger partial charge in [-0.15, -0.1) is 0 Å². The van der Waals surface area contributed by atoms with Crippen LogP contribution in [-0.2, 0) is 23.1 Å². The molecule has 3 aromatic carbocycles. The minimum absolute atomic E-state index is 0.0119. The smallest absolute Gasteiger partial charge is 0.261 e. The van der Waals surface area contributed by atoms with Gasteiger partial charge in [0.05, 0.1) is 12.0 Å². The zero-order valence-electron chi connectivity index (χ0n) is 19.7. The summed E-state index contributed by atoms with van der Waals surface area (Å²) in [6.45, 7) is 7.31. The van der Waals surface area contributed by atoms with Gasteiger partial charge in [0.25, 0.3) is 15.9 Å². The fourth-order valence-corrected chi connectivity index (χ4v) is 4.63. The van der Waals surface area contributed by atoms with E-state index in [9.17, 15) is 13.2 Å². The minimum Gasteiger partial charge on any atom is -0.497 e. The third kappa shape index (κ3) is 6.59.